The van der Waals surface area contributed by atoms with Crippen LogP contribution in [0.4, 0.5) is 0 Å². The first-order valence-corrected chi connectivity index (χ1v) is 6.97. The summed E-state index contributed by atoms with van der Waals surface area (Å²) < 4.78 is 4.61. The average Bonchev–Trinajstić information content (AvgIpc) is 2.86. The van der Waals surface area contributed by atoms with Crippen LogP contribution in [0, 0.1) is 0 Å². The molecule has 2 aromatic rings. The van der Waals surface area contributed by atoms with Crippen molar-refractivity contribution in [2.45, 2.75) is 12.5 Å². The monoisotopic (exact) mass is 295 g/mol. The normalized spacial score (nSPS) is 12.2. The fourth-order valence-electron chi connectivity index (χ4n) is 1.74. The third-order valence-electron chi connectivity index (χ3n) is 2.70. The second-order valence-corrected chi connectivity index (χ2v) is 5.71. The number of halogens is 1. The highest BCUT2D eigenvalue weighted by molar-refractivity contribution is 7.15. The van der Waals surface area contributed by atoms with Crippen LogP contribution in [0.5, 0.6) is 0 Å². The average molecular weight is 296 g/mol. The highest BCUT2D eigenvalue weighted by atomic mass is 35.5. The van der Waals surface area contributed by atoms with Crippen molar-refractivity contribution < 1.29 is 9.53 Å². The van der Waals surface area contributed by atoms with Crippen molar-refractivity contribution >= 4 is 28.9 Å². The first-order valence-electron chi connectivity index (χ1n) is 5.78. The van der Waals surface area contributed by atoms with Crippen LogP contribution in [-0.4, -0.2) is 19.1 Å². The van der Waals surface area contributed by atoms with Crippen LogP contribution in [0.1, 0.15) is 4.88 Å². The number of hydrogen-bond donors (Lipinski definition) is 1. The second-order valence-electron chi connectivity index (χ2n) is 4.11. The summed E-state index contributed by atoms with van der Waals surface area (Å²) >= 11 is 7.57. The van der Waals surface area contributed by atoms with Crippen molar-refractivity contribution in [3.8, 4) is 10.4 Å². The zero-order valence-corrected chi connectivity index (χ0v) is 12.0. The fraction of sp³-hybridized carbons (Fsp3) is 0.214. The van der Waals surface area contributed by atoms with E-state index in [0.29, 0.717) is 11.4 Å². The lowest BCUT2D eigenvalue weighted by Gasteiger charge is -2.06. The molecule has 100 valence electrons. The van der Waals surface area contributed by atoms with Crippen LogP contribution in [0.25, 0.3) is 10.4 Å². The van der Waals surface area contributed by atoms with Crippen LogP contribution >= 0.6 is 22.9 Å². The molecular formula is C14H14ClNO2S. The van der Waals surface area contributed by atoms with Gasteiger partial charge in [0, 0.05) is 21.2 Å². The minimum atomic E-state index is -0.615. The summed E-state index contributed by atoms with van der Waals surface area (Å²) in [6.07, 6.45) is 0.484. The molecular weight excluding hydrogens is 282 g/mol. The number of nitrogens with two attached hydrogens (primary N) is 1. The van der Waals surface area contributed by atoms with Gasteiger partial charge in [0.25, 0.3) is 0 Å². The third kappa shape index (κ3) is 3.56. The summed E-state index contributed by atoms with van der Waals surface area (Å²) in [5, 5.41) is 0.707. The molecule has 1 atom stereocenters. The molecule has 2 rings (SSSR count). The quantitative estimate of drug-likeness (QED) is 0.882. The summed E-state index contributed by atoms with van der Waals surface area (Å²) in [5.41, 5.74) is 6.81. The van der Waals surface area contributed by atoms with Gasteiger partial charge in [-0.05, 0) is 29.8 Å². The molecule has 0 radical (unpaired) electrons. The second kappa shape index (κ2) is 6.19. The van der Waals surface area contributed by atoms with E-state index in [2.05, 4.69) is 4.74 Å². The van der Waals surface area contributed by atoms with Gasteiger partial charge in [0.1, 0.15) is 6.04 Å². The topological polar surface area (TPSA) is 52.3 Å². The molecule has 0 saturated heterocycles. The van der Waals surface area contributed by atoms with Gasteiger partial charge in [0.05, 0.1) is 7.11 Å². The van der Waals surface area contributed by atoms with E-state index in [1.165, 1.54) is 7.11 Å². The van der Waals surface area contributed by atoms with Crippen LogP contribution in [0.2, 0.25) is 5.02 Å². The smallest absolute Gasteiger partial charge is 0.323 e. The van der Waals surface area contributed by atoms with Gasteiger partial charge in [-0.2, -0.15) is 0 Å². The molecule has 0 aliphatic carbocycles. The van der Waals surface area contributed by atoms with Crippen LogP contribution in [0.15, 0.2) is 36.4 Å². The third-order valence-corrected chi connectivity index (χ3v) is 4.09. The Bertz CT molecular complexity index is 582. The molecule has 0 bridgehead atoms. The Hall–Kier alpha value is -1.36. The van der Waals surface area contributed by atoms with Gasteiger partial charge in [0.15, 0.2) is 0 Å². The lowest BCUT2D eigenvalue weighted by Crippen LogP contribution is -2.33. The van der Waals surface area contributed by atoms with E-state index < -0.39 is 12.0 Å². The number of hydrogen-bond acceptors (Lipinski definition) is 4. The zero-order valence-electron chi connectivity index (χ0n) is 10.4. The number of carbonyl (C=O) groups is 1. The van der Waals surface area contributed by atoms with Gasteiger partial charge in [0.2, 0.25) is 0 Å². The number of carbonyl (C=O) groups excluding carboxylic acids is 1. The van der Waals surface area contributed by atoms with Gasteiger partial charge in [-0.1, -0.05) is 23.7 Å². The van der Waals surface area contributed by atoms with Crippen molar-refractivity contribution in [2.75, 3.05) is 7.11 Å². The predicted molar refractivity (Wildman–Crippen MR) is 78.5 cm³/mol. The zero-order chi connectivity index (χ0) is 13.8. The highest BCUT2D eigenvalue weighted by Crippen LogP contribution is 2.30. The summed E-state index contributed by atoms with van der Waals surface area (Å²) in [4.78, 5) is 13.4. The van der Waals surface area contributed by atoms with E-state index in [9.17, 15) is 4.79 Å². The Morgan fingerprint density at radius 3 is 2.89 bits per heavy atom. The fourth-order valence-corrected chi connectivity index (χ4v) is 2.99. The summed E-state index contributed by atoms with van der Waals surface area (Å²) in [5.74, 6) is -0.391. The van der Waals surface area contributed by atoms with Gasteiger partial charge in [-0.3, -0.25) is 4.79 Å². The molecule has 1 unspecified atom stereocenters. The molecule has 1 aromatic heterocycles. The number of thiophene rings is 1. The molecule has 1 aromatic carbocycles. The summed E-state index contributed by atoms with van der Waals surface area (Å²) in [7, 11) is 1.34. The maximum atomic E-state index is 11.3. The predicted octanol–water partition coefficient (Wildman–Crippen LogP) is 3.11. The van der Waals surface area contributed by atoms with E-state index >= 15 is 0 Å². The van der Waals surface area contributed by atoms with Crippen molar-refractivity contribution in [3.05, 3.63) is 46.3 Å². The lowest BCUT2D eigenvalue weighted by atomic mass is 10.2. The SMILES string of the molecule is COC(=O)C(N)Cc1ccc(-c2cccc(Cl)c2)s1. The highest BCUT2D eigenvalue weighted by Gasteiger charge is 2.15. The van der Waals surface area contributed by atoms with Crippen molar-refractivity contribution in [1.29, 1.82) is 0 Å². The van der Waals surface area contributed by atoms with E-state index in [1.54, 1.807) is 11.3 Å². The van der Waals surface area contributed by atoms with Crippen LogP contribution < -0.4 is 5.73 Å². The molecule has 0 amide bonds. The Kier molecular flexibility index (Phi) is 4.58. The largest absolute Gasteiger partial charge is 0.468 e. The minimum absolute atomic E-state index is 0.391. The van der Waals surface area contributed by atoms with E-state index in [4.69, 9.17) is 17.3 Å². The summed E-state index contributed by atoms with van der Waals surface area (Å²) in [6.45, 7) is 0. The maximum absolute atomic E-state index is 11.3. The van der Waals surface area contributed by atoms with Gasteiger partial charge in [-0.25, -0.2) is 0 Å². The Morgan fingerprint density at radius 1 is 1.42 bits per heavy atom. The van der Waals surface area contributed by atoms with Gasteiger partial charge in [-0.15, -0.1) is 11.3 Å². The number of methoxy groups -OCH3 is 1. The molecule has 5 heteroatoms. The van der Waals surface area contributed by atoms with E-state index in [0.717, 1.165) is 15.3 Å². The number of esters is 1. The Labute approximate surface area is 121 Å². The number of rotatable bonds is 4. The van der Waals surface area contributed by atoms with Gasteiger partial charge >= 0.3 is 5.97 Å². The molecule has 0 saturated carbocycles. The Morgan fingerprint density at radius 2 is 2.21 bits per heavy atom. The molecule has 0 aliphatic rings. The number of benzene rings is 1. The Balaban J connectivity index is 2.13. The van der Waals surface area contributed by atoms with Crippen LogP contribution in [-0.2, 0) is 16.0 Å². The van der Waals surface area contributed by atoms with Crippen molar-refractivity contribution in [1.82, 2.24) is 0 Å². The molecule has 0 spiro atoms. The first kappa shape index (κ1) is 14.1. The molecule has 2 N–H and O–H groups in total. The molecule has 1 heterocycles. The molecule has 0 fully saturated rings. The maximum Gasteiger partial charge on any atom is 0.323 e. The standard InChI is InChI=1S/C14H14ClNO2S/c1-18-14(17)12(16)8-11-5-6-13(19-11)9-3-2-4-10(15)7-9/h2-7,12H,8,16H2,1H3. The molecule has 0 aliphatic heterocycles. The number of ether oxygens (including phenoxy) is 1. The van der Waals surface area contributed by atoms with Crippen molar-refractivity contribution in [3.63, 3.8) is 0 Å². The van der Waals surface area contributed by atoms with E-state index in [1.807, 2.05) is 36.4 Å². The minimum Gasteiger partial charge on any atom is -0.468 e. The van der Waals surface area contributed by atoms with Crippen molar-refractivity contribution in [2.24, 2.45) is 5.73 Å². The van der Waals surface area contributed by atoms with E-state index in [-0.39, 0.29) is 0 Å². The van der Waals surface area contributed by atoms with Crippen LogP contribution in [0.3, 0.4) is 0 Å². The molecule has 19 heavy (non-hydrogen) atoms. The summed E-state index contributed by atoms with van der Waals surface area (Å²) in [6, 6.07) is 11.0. The first-order chi connectivity index (χ1) is 9.10. The molecule has 3 nitrogen and oxygen atoms in total. The lowest BCUT2D eigenvalue weighted by molar-refractivity contribution is -0.142. The van der Waals surface area contributed by atoms with Gasteiger partial charge < -0.3 is 10.5 Å².